The Morgan fingerprint density at radius 3 is 2.64 bits per heavy atom. The van der Waals surface area contributed by atoms with Gasteiger partial charge in [-0.05, 0) is 36.4 Å². The summed E-state index contributed by atoms with van der Waals surface area (Å²) in [5, 5.41) is 2.45. The van der Waals surface area contributed by atoms with Crippen LogP contribution in [0.15, 0.2) is 42.5 Å². The van der Waals surface area contributed by atoms with Crippen molar-refractivity contribution in [3.63, 3.8) is 0 Å². The van der Waals surface area contributed by atoms with E-state index in [0.717, 1.165) is 0 Å². The first-order valence-corrected chi connectivity index (χ1v) is 6.42. The maximum Gasteiger partial charge on any atom is 0.413 e. The van der Waals surface area contributed by atoms with Crippen LogP contribution < -0.4 is 10.1 Å². The van der Waals surface area contributed by atoms with Gasteiger partial charge in [0.15, 0.2) is 0 Å². The number of methoxy groups -OCH3 is 1. The first-order chi connectivity index (χ1) is 10.6. The smallest absolute Gasteiger partial charge is 0.413 e. The maximum atomic E-state index is 12.9. The van der Waals surface area contributed by atoms with Gasteiger partial charge in [-0.1, -0.05) is 0 Å². The minimum absolute atomic E-state index is 0.279. The normalized spacial score (nSPS) is 10.5. The van der Waals surface area contributed by atoms with Crippen LogP contribution in [0.4, 0.5) is 15.1 Å². The highest BCUT2D eigenvalue weighted by Crippen LogP contribution is 2.25. The van der Waals surface area contributed by atoms with E-state index in [1.54, 1.807) is 18.2 Å². The Balaban J connectivity index is 1.83. The van der Waals surface area contributed by atoms with Crippen LogP contribution >= 0.6 is 0 Å². The number of hydrogen-bond acceptors (Lipinski definition) is 4. The van der Waals surface area contributed by atoms with E-state index in [1.807, 2.05) is 0 Å². The SMILES string of the molecule is COC(=O)Nc1nc2ccc(Oc3ccc(F)cc3)cc2[nH]1. The third kappa shape index (κ3) is 2.98. The Morgan fingerprint density at radius 2 is 1.91 bits per heavy atom. The number of fused-ring (bicyclic) bond motifs is 1. The molecule has 22 heavy (non-hydrogen) atoms. The molecular weight excluding hydrogens is 289 g/mol. The lowest BCUT2D eigenvalue weighted by Crippen LogP contribution is -2.11. The Kier molecular flexibility index (Phi) is 3.61. The van der Waals surface area contributed by atoms with Crippen molar-refractivity contribution < 1.29 is 18.7 Å². The lowest BCUT2D eigenvalue weighted by atomic mass is 10.3. The van der Waals surface area contributed by atoms with Crippen LogP contribution in [0.3, 0.4) is 0 Å². The minimum atomic E-state index is -0.609. The number of benzene rings is 2. The van der Waals surface area contributed by atoms with Crippen LogP contribution in [-0.4, -0.2) is 23.2 Å². The molecule has 0 unspecified atom stereocenters. The molecule has 1 amide bonds. The van der Waals surface area contributed by atoms with E-state index in [1.165, 1.54) is 31.4 Å². The second kappa shape index (κ2) is 5.72. The minimum Gasteiger partial charge on any atom is -0.457 e. The molecular formula is C15H12FN3O3. The summed E-state index contributed by atoms with van der Waals surface area (Å²) in [4.78, 5) is 18.3. The number of aromatic amines is 1. The van der Waals surface area contributed by atoms with E-state index in [-0.39, 0.29) is 11.8 Å². The van der Waals surface area contributed by atoms with Gasteiger partial charge in [-0.15, -0.1) is 0 Å². The average molecular weight is 301 g/mol. The molecule has 1 heterocycles. The summed E-state index contributed by atoms with van der Waals surface area (Å²) in [5.41, 5.74) is 1.35. The second-order valence-corrected chi connectivity index (χ2v) is 4.44. The Bertz CT molecular complexity index is 815. The fourth-order valence-electron chi connectivity index (χ4n) is 1.90. The number of H-pyrrole nitrogens is 1. The van der Waals surface area contributed by atoms with E-state index in [9.17, 15) is 9.18 Å². The van der Waals surface area contributed by atoms with Crippen molar-refractivity contribution in [2.24, 2.45) is 0 Å². The first-order valence-electron chi connectivity index (χ1n) is 6.42. The molecule has 7 heteroatoms. The molecule has 0 aliphatic rings. The fraction of sp³-hybridized carbons (Fsp3) is 0.0667. The summed E-state index contributed by atoms with van der Waals surface area (Å²) < 4.78 is 23.0. The van der Waals surface area contributed by atoms with Crippen molar-refractivity contribution in [1.29, 1.82) is 0 Å². The highest BCUT2D eigenvalue weighted by Gasteiger charge is 2.08. The number of nitrogens with one attached hydrogen (secondary N) is 2. The van der Waals surface area contributed by atoms with Crippen molar-refractivity contribution in [1.82, 2.24) is 9.97 Å². The highest BCUT2D eigenvalue weighted by atomic mass is 19.1. The van der Waals surface area contributed by atoms with Crippen molar-refractivity contribution in [3.05, 3.63) is 48.3 Å². The summed E-state index contributed by atoms with van der Waals surface area (Å²) in [7, 11) is 1.27. The van der Waals surface area contributed by atoms with Gasteiger partial charge in [-0.2, -0.15) is 0 Å². The predicted molar refractivity (Wildman–Crippen MR) is 78.6 cm³/mol. The van der Waals surface area contributed by atoms with E-state index in [0.29, 0.717) is 22.5 Å². The number of aromatic nitrogens is 2. The first kappa shape index (κ1) is 13.9. The number of halogens is 1. The summed E-state index contributed by atoms with van der Waals surface area (Å²) in [6, 6.07) is 10.9. The number of rotatable bonds is 3. The molecule has 0 radical (unpaired) electrons. The number of nitrogens with zero attached hydrogens (tertiary/aromatic N) is 1. The van der Waals surface area contributed by atoms with Gasteiger partial charge in [0.2, 0.25) is 5.95 Å². The van der Waals surface area contributed by atoms with Gasteiger partial charge in [-0.25, -0.2) is 14.2 Å². The zero-order valence-electron chi connectivity index (χ0n) is 11.6. The van der Waals surface area contributed by atoms with Crippen LogP contribution in [-0.2, 0) is 4.74 Å². The average Bonchev–Trinajstić information content (AvgIpc) is 2.91. The van der Waals surface area contributed by atoms with Crippen molar-refractivity contribution in [3.8, 4) is 11.5 Å². The number of carbonyl (C=O) groups excluding carboxylic acids is 1. The molecule has 0 fully saturated rings. The maximum absolute atomic E-state index is 12.9. The molecule has 0 spiro atoms. The second-order valence-electron chi connectivity index (χ2n) is 4.44. The Hall–Kier alpha value is -3.09. The summed E-state index contributed by atoms with van der Waals surface area (Å²) >= 11 is 0. The topological polar surface area (TPSA) is 76.2 Å². The molecule has 112 valence electrons. The molecule has 6 nitrogen and oxygen atoms in total. The van der Waals surface area contributed by atoms with Crippen LogP contribution in [0.25, 0.3) is 11.0 Å². The lowest BCUT2D eigenvalue weighted by molar-refractivity contribution is 0.186. The molecule has 2 N–H and O–H groups in total. The van der Waals surface area contributed by atoms with Gasteiger partial charge in [-0.3, -0.25) is 5.32 Å². The van der Waals surface area contributed by atoms with Crippen LogP contribution in [0, 0.1) is 5.82 Å². The zero-order valence-corrected chi connectivity index (χ0v) is 11.6. The number of amides is 1. The van der Waals surface area contributed by atoms with E-state index < -0.39 is 6.09 Å². The van der Waals surface area contributed by atoms with Crippen molar-refractivity contribution >= 4 is 23.1 Å². The number of ether oxygens (including phenoxy) is 2. The van der Waals surface area contributed by atoms with Crippen LogP contribution in [0.1, 0.15) is 0 Å². The monoisotopic (exact) mass is 301 g/mol. The third-order valence-corrected chi connectivity index (χ3v) is 2.91. The third-order valence-electron chi connectivity index (χ3n) is 2.91. The van der Waals surface area contributed by atoms with Gasteiger partial charge >= 0.3 is 6.09 Å². The van der Waals surface area contributed by atoms with Crippen LogP contribution in [0.2, 0.25) is 0 Å². The molecule has 3 aromatic rings. The molecule has 2 aromatic carbocycles. The summed E-state index contributed by atoms with van der Waals surface area (Å²) in [5.74, 6) is 1.04. The molecule has 0 aliphatic heterocycles. The van der Waals surface area contributed by atoms with Crippen molar-refractivity contribution in [2.75, 3.05) is 12.4 Å². The number of imidazole rings is 1. The zero-order chi connectivity index (χ0) is 15.5. The van der Waals surface area contributed by atoms with Crippen LogP contribution in [0.5, 0.6) is 11.5 Å². The van der Waals surface area contributed by atoms with Gasteiger partial charge in [0, 0.05) is 6.07 Å². The van der Waals surface area contributed by atoms with Gasteiger partial charge in [0.05, 0.1) is 18.1 Å². The number of carbonyl (C=O) groups is 1. The molecule has 3 rings (SSSR count). The van der Waals surface area contributed by atoms with E-state index in [4.69, 9.17) is 4.74 Å². The molecule has 0 saturated heterocycles. The Morgan fingerprint density at radius 1 is 1.18 bits per heavy atom. The highest BCUT2D eigenvalue weighted by molar-refractivity contribution is 5.86. The molecule has 1 aromatic heterocycles. The van der Waals surface area contributed by atoms with Gasteiger partial charge in [0.25, 0.3) is 0 Å². The van der Waals surface area contributed by atoms with Gasteiger partial charge in [0.1, 0.15) is 17.3 Å². The fourth-order valence-corrected chi connectivity index (χ4v) is 1.90. The van der Waals surface area contributed by atoms with E-state index in [2.05, 4.69) is 20.0 Å². The molecule has 0 aliphatic carbocycles. The number of hydrogen-bond donors (Lipinski definition) is 2. The number of anilines is 1. The standard InChI is InChI=1S/C15H12FN3O3/c1-21-15(20)19-14-17-12-7-6-11(8-13(12)18-14)22-10-4-2-9(16)3-5-10/h2-8H,1H3,(H2,17,18,19,20). The summed E-state index contributed by atoms with van der Waals surface area (Å²) in [6.07, 6.45) is -0.609. The van der Waals surface area contributed by atoms with E-state index >= 15 is 0 Å². The largest absolute Gasteiger partial charge is 0.457 e. The Labute approximate surface area is 124 Å². The van der Waals surface area contributed by atoms with Crippen molar-refractivity contribution in [2.45, 2.75) is 0 Å². The molecule has 0 bridgehead atoms. The predicted octanol–water partition coefficient (Wildman–Crippen LogP) is 3.67. The molecule has 0 atom stereocenters. The summed E-state index contributed by atoms with van der Waals surface area (Å²) in [6.45, 7) is 0. The quantitative estimate of drug-likeness (QED) is 0.774. The lowest BCUT2D eigenvalue weighted by Gasteiger charge is -2.05. The van der Waals surface area contributed by atoms with Gasteiger partial charge < -0.3 is 14.5 Å². The molecule has 0 saturated carbocycles.